The molecule has 0 bridgehead atoms. The van der Waals surface area contributed by atoms with Crippen LogP contribution in [0.25, 0.3) is 17.1 Å². The summed E-state index contributed by atoms with van der Waals surface area (Å²) in [5.41, 5.74) is 2.13. The van der Waals surface area contributed by atoms with E-state index >= 15 is 0 Å². The number of hydrogen-bond donors (Lipinski definition) is 1. The van der Waals surface area contributed by atoms with E-state index in [1.807, 2.05) is 35.9 Å². The molecule has 0 radical (unpaired) electrons. The lowest BCUT2D eigenvalue weighted by Crippen LogP contribution is -2.38. The Hall–Kier alpha value is -1.61. The molecule has 0 unspecified atom stereocenters. The van der Waals surface area contributed by atoms with Crippen LogP contribution in [-0.4, -0.2) is 38.6 Å². The first-order valence-electron chi connectivity index (χ1n) is 10.6. The van der Waals surface area contributed by atoms with Gasteiger partial charge in [0.05, 0.1) is 17.3 Å². The minimum Gasteiger partial charge on any atom is -0.390 e. The van der Waals surface area contributed by atoms with Crippen molar-refractivity contribution < 1.29 is 9.90 Å². The third kappa shape index (κ3) is 4.69. The molecular weight excluding hydrogens is 560 g/mol. The molecule has 3 aromatic rings. The fourth-order valence-corrected chi connectivity index (χ4v) is 5.14. The number of carbonyl (C=O) groups is 1. The predicted molar refractivity (Wildman–Crippen MR) is 137 cm³/mol. The number of aliphatic hydroxyl groups is 1. The first-order valence-corrected chi connectivity index (χ1v) is 12.4. The Bertz CT molecular complexity index is 1130. The molecule has 1 aliphatic carbocycles. The van der Waals surface area contributed by atoms with E-state index in [1.54, 1.807) is 23.1 Å². The molecule has 4 rings (SSSR count). The number of amides is 1. The Morgan fingerprint density at radius 2 is 1.84 bits per heavy atom. The monoisotopic (exact) mass is 583 g/mol. The molecule has 32 heavy (non-hydrogen) atoms. The van der Waals surface area contributed by atoms with Gasteiger partial charge in [0, 0.05) is 32.9 Å². The van der Waals surface area contributed by atoms with Crippen molar-refractivity contribution in [2.75, 3.05) is 7.05 Å². The number of carbonyl (C=O) groups excluding carboxylic acids is 1. The second kappa shape index (κ2) is 10.1. The lowest BCUT2D eigenvalue weighted by atomic mass is 9.94. The zero-order valence-electron chi connectivity index (χ0n) is 17.7. The van der Waals surface area contributed by atoms with Crippen LogP contribution in [0.5, 0.6) is 0 Å². The highest BCUT2D eigenvalue weighted by Crippen LogP contribution is 2.34. The summed E-state index contributed by atoms with van der Waals surface area (Å²) < 4.78 is 2.89. The van der Waals surface area contributed by atoms with Crippen LogP contribution in [0.3, 0.4) is 0 Å². The van der Waals surface area contributed by atoms with Gasteiger partial charge in [-0.05, 0) is 77.9 Å². The van der Waals surface area contributed by atoms with Gasteiger partial charge in [-0.15, -0.1) is 0 Å². The van der Waals surface area contributed by atoms with E-state index < -0.39 is 0 Å². The van der Waals surface area contributed by atoms with E-state index in [-0.39, 0.29) is 24.2 Å². The molecule has 1 N–H and O–H groups in total. The van der Waals surface area contributed by atoms with Gasteiger partial charge < -0.3 is 10.0 Å². The maximum atomic E-state index is 13.5. The van der Waals surface area contributed by atoms with Crippen LogP contribution in [0.1, 0.15) is 48.3 Å². The maximum absolute atomic E-state index is 13.5. The van der Waals surface area contributed by atoms with Gasteiger partial charge in [-0.25, -0.2) is 4.98 Å². The van der Waals surface area contributed by atoms with Crippen molar-refractivity contribution in [1.82, 2.24) is 14.5 Å². The predicted octanol–water partition coefficient (Wildman–Crippen LogP) is 6.35. The standard InChI is InChI=1S/C24H24Cl2IN3O2/c1-29(17-5-3-2-4-6-17)24(32)22-21(14-31)30(18-10-8-16(27)9-11-18)23(28-22)19-12-7-15(25)13-20(19)26/h7-13,17,31H,2-6,14H2,1H3. The van der Waals surface area contributed by atoms with E-state index in [4.69, 9.17) is 28.2 Å². The molecule has 0 aliphatic heterocycles. The van der Waals surface area contributed by atoms with Crippen LogP contribution in [0.15, 0.2) is 42.5 Å². The molecule has 1 heterocycles. The van der Waals surface area contributed by atoms with Crippen molar-refractivity contribution in [2.45, 2.75) is 44.8 Å². The van der Waals surface area contributed by atoms with E-state index in [0.717, 1.165) is 34.9 Å². The fourth-order valence-electron chi connectivity index (χ4n) is 4.29. The van der Waals surface area contributed by atoms with Crippen molar-refractivity contribution >= 4 is 51.7 Å². The Labute approximate surface area is 211 Å². The summed E-state index contributed by atoms with van der Waals surface area (Å²) in [6.45, 7) is -0.330. The number of hydrogen-bond acceptors (Lipinski definition) is 3. The molecule has 168 valence electrons. The third-order valence-electron chi connectivity index (χ3n) is 6.02. The third-order valence-corrected chi connectivity index (χ3v) is 7.29. The second-order valence-electron chi connectivity index (χ2n) is 8.03. The number of aromatic nitrogens is 2. The Morgan fingerprint density at radius 3 is 2.47 bits per heavy atom. The van der Waals surface area contributed by atoms with Crippen molar-refractivity contribution in [1.29, 1.82) is 0 Å². The average Bonchev–Trinajstić information content (AvgIpc) is 3.18. The molecule has 5 nitrogen and oxygen atoms in total. The van der Waals surface area contributed by atoms with Crippen molar-refractivity contribution in [3.05, 3.63) is 67.5 Å². The average molecular weight is 584 g/mol. The summed E-state index contributed by atoms with van der Waals surface area (Å²) in [6, 6.07) is 13.2. The summed E-state index contributed by atoms with van der Waals surface area (Å²) in [6.07, 6.45) is 5.44. The number of halogens is 3. The van der Waals surface area contributed by atoms with Crippen LogP contribution in [0.4, 0.5) is 0 Å². The first kappa shape index (κ1) is 23.5. The number of rotatable bonds is 5. The summed E-state index contributed by atoms with van der Waals surface area (Å²) >= 11 is 14.9. The Kier molecular flexibility index (Phi) is 7.44. The highest BCUT2D eigenvalue weighted by Gasteiger charge is 2.30. The lowest BCUT2D eigenvalue weighted by Gasteiger charge is -2.31. The summed E-state index contributed by atoms with van der Waals surface area (Å²) in [5, 5.41) is 11.3. The van der Waals surface area contributed by atoms with Crippen LogP contribution in [-0.2, 0) is 6.61 Å². The SMILES string of the molecule is CN(C(=O)c1nc(-c2ccc(Cl)cc2Cl)n(-c2ccc(I)cc2)c1CO)C1CCCCC1. The van der Waals surface area contributed by atoms with E-state index in [2.05, 4.69) is 22.6 Å². The van der Waals surface area contributed by atoms with E-state index in [9.17, 15) is 9.90 Å². The van der Waals surface area contributed by atoms with Crippen molar-refractivity contribution in [3.8, 4) is 17.1 Å². The van der Waals surface area contributed by atoms with Crippen molar-refractivity contribution in [2.24, 2.45) is 0 Å². The van der Waals surface area contributed by atoms with Gasteiger partial charge in [0.1, 0.15) is 5.82 Å². The minimum absolute atomic E-state index is 0.184. The molecule has 8 heteroatoms. The number of benzene rings is 2. The van der Waals surface area contributed by atoms with Crippen LogP contribution in [0, 0.1) is 3.57 Å². The normalized spacial score (nSPS) is 14.5. The Morgan fingerprint density at radius 1 is 1.16 bits per heavy atom. The number of nitrogens with zero attached hydrogens (tertiary/aromatic N) is 3. The quantitative estimate of drug-likeness (QED) is 0.356. The van der Waals surface area contributed by atoms with Gasteiger partial charge in [-0.2, -0.15) is 0 Å². The van der Waals surface area contributed by atoms with Crippen LogP contribution in [0.2, 0.25) is 10.0 Å². The highest BCUT2D eigenvalue weighted by atomic mass is 127. The molecule has 1 aliphatic rings. The van der Waals surface area contributed by atoms with Crippen LogP contribution < -0.4 is 0 Å². The fraction of sp³-hybridized carbons (Fsp3) is 0.333. The number of imidazole rings is 1. The molecule has 0 atom stereocenters. The van der Waals surface area contributed by atoms with Gasteiger partial charge in [-0.1, -0.05) is 42.5 Å². The van der Waals surface area contributed by atoms with Gasteiger partial charge >= 0.3 is 0 Å². The first-order chi connectivity index (χ1) is 15.4. The Balaban J connectivity index is 1.87. The van der Waals surface area contributed by atoms with Gasteiger partial charge in [-0.3, -0.25) is 9.36 Å². The van der Waals surface area contributed by atoms with E-state index in [0.29, 0.717) is 27.1 Å². The molecule has 1 saturated carbocycles. The summed E-state index contributed by atoms with van der Waals surface area (Å²) in [7, 11) is 1.83. The zero-order chi connectivity index (χ0) is 22.8. The molecule has 1 aromatic heterocycles. The van der Waals surface area contributed by atoms with Gasteiger partial charge in [0.25, 0.3) is 5.91 Å². The van der Waals surface area contributed by atoms with Gasteiger partial charge in [0.15, 0.2) is 5.69 Å². The smallest absolute Gasteiger partial charge is 0.274 e. The highest BCUT2D eigenvalue weighted by molar-refractivity contribution is 14.1. The van der Waals surface area contributed by atoms with E-state index in [1.165, 1.54) is 6.42 Å². The minimum atomic E-state index is -0.330. The summed E-state index contributed by atoms with van der Waals surface area (Å²) in [5.74, 6) is 0.314. The molecule has 1 fully saturated rings. The summed E-state index contributed by atoms with van der Waals surface area (Å²) in [4.78, 5) is 20.1. The molecule has 0 spiro atoms. The van der Waals surface area contributed by atoms with Crippen molar-refractivity contribution in [3.63, 3.8) is 0 Å². The second-order valence-corrected chi connectivity index (χ2v) is 10.1. The molecule has 1 amide bonds. The zero-order valence-corrected chi connectivity index (χ0v) is 21.4. The van der Waals surface area contributed by atoms with Gasteiger partial charge in [0.2, 0.25) is 0 Å². The largest absolute Gasteiger partial charge is 0.390 e. The maximum Gasteiger partial charge on any atom is 0.274 e. The van der Waals surface area contributed by atoms with Crippen LogP contribution >= 0.6 is 45.8 Å². The molecule has 2 aromatic carbocycles. The molecule has 0 saturated heterocycles. The number of aliphatic hydroxyl groups excluding tert-OH is 1. The molecular formula is C24H24Cl2IN3O2. The topological polar surface area (TPSA) is 58.4 Å². The lowest BCUT2D eigenvalue weighted by molar-refractivity contribution is 0.0687.